The number of furan rings is 1. The number of rotatable bonds is 7. The first-order valence-electron chi connectivity index (χ1n) is 6.15. The molecule has 0 radical (unpaired) electrons. The number of halogens is 1. The molecule has 4 nitrogen and oxygen atoms in total. The van der Waals surface area contributed by atoms with E-state index in [1.165, 1.54) is 6.07 Å². The predicted octanol–water partition coefficient (Wildman–Crippen LogP) is 2.66. The van der Waals surface area contributed by atoms with Crippen LogP contribution in [0.4, 0.5) is 4.39 Å². The third kappa shape index (κ3) is 3.53. The second-order valence-electron chi connectivity index (χ2n) is 4.22. The van der Waals surface area contributed by atoms with Gasteiger partial charge in [0.25, 0.3) is 0 Å². The summed E-state index contributed by atoms with van der Waals surface area (Å²) in [6, 6.07) is 6.33. The summed E-state index contributed by atoms with van der Waals surface area (Å²) in [6.07, 6.45) is -0.403. The maximum absolute atomic E-state index is 13.4. The molecule has 0 aliphatic carbocycles. The van der Waals surface area contributed by atoms with E-state index in [-0.39, 0.29) is 5.58 Å². The fourth-order valence-electron chi connectivity index (χ4n) is 1.79. The summed E-state index contributed by atoms with van der Waals surface area (Å²) in [5.41, 5.74) is 0.178. The van der Waals surface area contributed by atoms with Crippen LogP contribution in [0.2, 0.25) is 0 Å². The summed E-state index contributed by atoms with van der Waals surface area (Å²) < 4.78 is 28.9. The Hall–Kier alpha value is -1.43. The molecule has 0 bridgehead atoms. The SMILES string of the molecule is COCCOCCC(O)c1cc2cccc(F)c2o1. The first kappa shape index (κ1) is 14.0. The van der Waals surface area contributed by atoms with E-state index < -0.39 is 11.9 Å². The summed E-state index contributed by atoms with van der Waals surface area (Å²) in [5.74, 6) is -0.0669. The number of ether oxygens (including phenoxy) is 2. The summed E-state index contributed by atoms with van der Waals surface area (Å²) in [4.78, 5) is 0. The van der Waals surface area contributed by atoms with Crippen LogP contribution in [-0.2, 0) is 9.47 Å². The van der Waals surface area contributed by atoms with Gasteiger partial charge in [0.1, 0.15) is 11.9 Å². The highest BCUT2D eigenvalue weighted by Crippen LogP contribution is 2.27. The van der Waals surface area contributed by atoms with E-state index in [0.717, 1.165) is 0 Å². The number of para-hydroxylation sites is 1. The van der Waals surface area contributed by atoms with Gasteiger partial charge in [0.05, 0.1) is 13.2 Å². The Morgan fingerprint density at radius 2 is 2.16 bits per heavy atom. The highest BCUT2D eigenvalue weighted by molar-refractivity contribution is 5.78. The highest BCUT2D eigenvalue weighted by Gasteiger charge is 2.15. The standard InChI is InChI=1S/C14H17FO4/c1-17-7-8-18-6-5-12(16)13-9-10-3-2-4-11(15)14(10)19-13/h2-4,9,12,16H,5-8H2,1H3. The van der Waals surface area contributed by atoms with Gasteiger partial charge in [-0.25, -0.2) is 4.39 Å². The molecule has 1 N–H and O–H groups in total. The van der Waals surface area contributed by atoms with Crippen molar-refractivity contribution in [1.29, 1.82) is 0 Å². The Morgan fingerprint density at radius 1 is 1.32 bits per heavy atom. The molecule has 1 unspecified atom stereocenters. The Kier molecular flexibility index (Phi) is 4.90. The van der Waals surface area contributed by atoms with E-state index in [2.05, 4.69) is 0 Å². The van der Waals surface area contributed by atoms with E-state index >= 15 is 0 Å². The normalized spacial score (nSPS) is 13.0. The van der Waals surface area contributed by atoms with Crippen molar-refractivity contribution in [3.8, 4) is 0 Å². The molecule has 2 aromatic rings. The van der Waals surface area contributed by atoms with Crippen molar-refractivity contribution >= 4 is 11.0 Å². The van der Waals surface area contributed by atoms with Gasteiger partial charge in [-0.15, -0.1) is 0 Å². The number of benzene rings is 1. The molecule has 0 saturated carbocycles. The zero-order chi connectivity index (χ0) is 13.7. The third-order valence-corrected chi connectivity index (χ3v) is 2.81. The third-order valence-electron chi connectivity index (χ3n) is 2.81. The zero-order valence-corrected chi connectivity index (χ0v) is 10.8. The predicted molar refractivity (Wildman–Crippen MR) is 68.4 cm³/mol. The molecule has 0 amide bonds. The molecule has 0 saturated heterocycles. The average molecular weight is 268 g/mol. The van der Waals surface area contributed by atoms with Crippen LogP contribution in [0.25, 0.3) is 11.0 Å². The lowest BCUT2D eigenvalue weighted by Crippen LogP contribution is -2.06. The number of hydrogen-bond acceptors (Lipinski definition) is 4. The van der Waals surface area contributed by atoms with E-state index in [1.807, 2.05) is 0 Å². The monoisotopic (exact) mass is 268 g/mol. The maximum Gasteiger partial charge on any atom is 0.170 e. The summed E-state index contributed by atoms with van der Waals surface area (Å²) in [7, 11) is 1.60. The van der Waals surface area contributed by atoms with Crippen LogP contribution in [0.5, 0.6) is 0 Å². The van der Waals surface area contributed by atoms with Crippen LogP contribution >= 0.6 is 0 Å². The first-order valence-corrected chi connectivity index (χ1v) is 6.15. The van der Waals surface area contributed by atoms with Gasteiger partial charge >= 0.3 is 0 Å². The van der Waals surface area contributed by atoms with Crippen molar-refractivity contribution in [2.45, 2.75) is 12.5 Å². The smallest absolute Gasteiger partial charge is 0.170 e. The summed E-state index contributed by atoms with van der Waals surface area (Å²) in [6.45, 7) is 1.40. The van der Waals surface area contributed by atoms with Crippen LogP contribution in [-0.4, -0.2) is 32.0 Å². The zero-order valence-electron chi connectivity index (χ0n) is 10.8. The second-order valence-corrected chi connectivity index (χ2v) is 4.22. The first-order chi connectivity index (χ1) is 9.22. The van der Waals surface area contributed by atoms with Gasteiger partial charge in [-0.1, -0.05) is 12.1 Å². The molecule has 2 rings (SSSR count). The van der Waals surface area contributed by atoms with Gasteiger partial charge in [-0.05, 0) is 12.1 Å². The molecule has 0 aliphatic heterocycles. The van der Waals surface area contributed by atoms with Crippen LogP contribution in [0.3, 0.4) is 0 Å². The lowest BCUT2D eigenvalue weighted by atomic mass is 10.2. The quantitative estimate of drug-likeness (QED) is 0.784. The number of hydrogen-bond donors (Lipinski definition) is 1. The Bertz CT molecular complexity index is 523. The molecule has 1 aromatic carbocycles. The highest BCUT2D eigenvalue weighted by atomic mass is 19.1. The summed E-state index contributed by atoms with van der Waals surface area (Å²) in [5, 5.41) is 10.6. The molecule has 1 heterocycles. The maximum atomic E-state index is 13.4. The van der Waals surface area contributed by atoms with E-state index in [4.69, 9.17) is 13.9 Å². The topological polar surface area (TPSA) is 51.8 Å². The number of aliphatic hydroxyl groups excluding tert-OH is 1. The number of methoxy groups -OCH3 is 1. The molecule has 0 fully saturated rings. The van der Waals surface area contributed by atoms with Crippen LogP contribution in [0.15, 0.2) is 28.7 Å². The average Bonchev–Trinajstić information content (AvgIpc) is 2.84. The van der Waals surface area contributed by atoms with Crippen LogP contribution in [0, 0.1) is 5.82 Å². The lowest BCUT2D eigenvalue weighted by Gasteiger charge is -2.07. The molecule has 1 atom stereocenters. The number of fused-ring (bicyclic) bond motifs is 1. The Labute approximate surface area is 110 Å². The minimum absolute atomic E-state index is 0.178. The molecule has 0 spiro atoms. The molecule has 5 heteroatoms. The van der Waals surface area contributed by atoms with E-state index in [0.29, 0.717) is 37.4 Å². The second kappa shape index (κ2) is 6.65. The molecule has 1 aromatic heterocycles. The van der Waals surface area contributed by atoms with Gasteiger partial charge in [0.2, 0.25) is 0 Å². The largest absolute Gasteiger partial charge is 0.455 e. The van der Waals surface area contributed by atoms with Crippen LogP contribution < -0.4 is 0 Å². The van der Waals surface area contributed by atoms with Gasteiger partial charge in [-0.2, -0.15) is 0 Å². The Balaban J connectivity index is 1.94. The molecular weight excluding hydrogens is 251 g/mol. The minimum atomic E-state index is -0.797. The molecule has 19 heavy (non-hydrogen) atoms. The Morgan fingerprint density at radius 3 is 2.89 bits per heavy atom. The summed E-state index contributed by atoms with van der Waals surface area (Å²) >= 11 is 0. The van der Waals surface area contributed by atoms with Crippen molar-refractivity contribution in [1.82, 2.24) is 0 Å². The van der Waals surface area contributed by atoms with Crippen molar-refractivity contribution in [3.05, 3.63) is 35.8 Å². The molecule has 0 aliphatic rings. The minimum Gasteiger partial charge on any atom is -0.455 e. The molecular formula is C14H17FO4. The van der Waals surface area contributed by atoms with Crippen molar-refractivity contribution < 1.29 is 23.4 Å². The number of aliphatic hydroxyl groups is 1. The lowest BCUT2D eigenvalue weighted by molar-refractivity contribution is 0.0430. The van der Waals surface area contributed by atoms with E-state index in [9.17, 15) is 9.50 Å². The van der Waals surface area contributed by atoms with Crippen LogP contribution in [0.1, 0.15) is 18.3 Å². The fraction of sp³-hybridized carbons (Fsp3) is 0.429. The van der Waals surface area contributed by atoms with E-state index in [1.54, 1.807) is 25.3 Å². The van der Waals surface area contributed by atoms with Gasteiger partial charge < -0.3 is 19.0 Å². The van der Waals surface area contributed by atoms with Gasteiger partial charge in [0.15, 0.2) is 11.4 Å². The van der Waals surface area contributed by atoms with Gasteiger partial charge in [0, 0.05) is 25.5 Å². The van der Waals surface area contributed by atoms with Gasteiger partial charge in [-0.3, -0.25) is 0 Å². The molecule has 104 valence electrons. The van der Waals surface area contributed by atoms with Crippen molar-refractivity contribution in [2.75, 3.05) is 26.9 Å². The fourth-order valence-corrected chi connectivity index (χ4v) is 1.79. The van der Waals surface area contributed by atoms with Crippen molar-refractivity contribution in [2.24, 2.45) is 0 Å². The van der Waals surface area contributed by atoms with Crippen molar-refractivity contribution in [3.63, 3.8) is 0 Å².